The predicted molar refractivity (Wildman–Crippen MR) is 71.1 cm³/mol. The minimum absolute atomic E-state index is 0.401. The van der Waals surface area contributed by atoms with E-state index in [1.54, 1.807) is 0 Å². The van der Waals surface area contributed by atoms with Gasteiger partial charge in [-0.2, -0.15) is 4.98 Å². The van der Waals surface area contributed by atoms with Gasteiger partial charge in [0.2, 0.25) is 5.89 Å². The maximum atomic E-state index is 5.85. The van der Waals surface area contributed by atoms with E-state index in [0.717, 1.165) is 44.1 Å². The first-order valence-corrected chi connectivity index (χ1v) is 7.56. The Hall–Kier alpha value is -0.940. The van der Waals surface area contributed by atoms with Gasteiger partial charge >= 0.3 is 0 Å². The number of hydrogen-bond acceptors (Lipinski definition) is 5. The predicted octanol–water partition coefficient (Wildman–Crippen LogP) is 2.04. The minimum Gasteiger partial charge on any atom is -0.378 e. The summed E-state index contributed by atoms with van der Waals surface area (Å²) >= 11 is 0. The number of nitrogens with one attached hydrogen (secondary N) is 1. The van der Waals surface area contributed by atoms with Crippen molar-refractivity contribution in [2.24, 2.45) is 0 Å². The zero-order valence-electron chi connectivity index (χ0n) is 11.4. The Bertz CT molecular complexity index is 382. The quantitative estimate of drug-likeness (QED) is 0.882. The van der Waals surface area contributed by atoms with Crippen LogP contribution in [0.3, 0.4) is 0 Å². The summed E-state index contributed by atoms with van der Waals surface area (Å²) in [7, 11) is 0. The molecule has 1 aromatic heterocycles. The van der Waals surface area contributed by atoms with E-state index in [4.69, 9.17) is 9.26 Å². The van der Waals surface area contributed by atoms with Gasteiger partial charge < -0.3 is 14.6 Å². The number of rotatable bonds is 5. The van der Waals surface area contributed by atoms with Gasteiger partial charge in [0.1, 0.15) is 0 Å². The van der Waals surface area contributed by atoms with Crippen molar-refractivity contribution in [1.29, 1.82) is 0 Å². The highest BCUT2D eigenvalue weighted by Gasteiger charge is 2.22. The van der Waals surface area contributed by atoms with Crippen molar-refractivity contribution < 1.29 is 9.26 Å². The molecule has 5 heteroatoms. The van der Waals surface area contributed by atoms with Gasteiger partial charge in [0.15, 0.2) is 5.82 Å². The van der Waals surface area contributed by atoms with Crippen LogP contribution >= 0.6 is 0 Å². The Morgan fingerprint density at radius 2 is 1.95 bits per heavy atom. The monoisotopic (exact) mass is 265 g/mol. The van der Waals surface area contributed by atoms with E-state index in [1.165, 1.54) is 25.7 Å². The molecule has 1 aromatic rings. The Labute approximate surface area is 114 Å². The van der Waals surface area contributed by atoms with E-state index in [-0.39, 0.29) is 0 Å². The lowest BCUT2D eigenvalue weighted by Crippen LogP contribution is -2.32. The zero-order valence-corrected chi connectivity index (χ0v) is 11.4. The number of hydrogen-bond donors (Lipinski definition) is 1. The van der Waals surface area contributed by atoms with Crippen LogP contribution in [-0.2, 0) is 11.2 Å². The molecule has 19 heavy (non-hydrogen) atoms. The zero-order chi connectivity index (χ0) is 12.9. The molecule has 0 spiro atoms. The molecule has 0 atom stereocenters. The van der Waals surface area contributed by atoms with Gasteiger partial charge in [0, 0.05) is 5.92 Å². The standard InChI is InChI=1S/C14H23N3O2/c1-2-4-11(3-1)14-16-13(19-17-14)7-10-18-12-5-8-15-9-6-12/h11-12,15H,1-10H2. The van der Waals surface area contributed by atoms with Gasteiger partial charge in [-0.3, -0.25) is 0 Å². The van der Waals surface area contributed by atoms with E-state index in [9.17, 15) is 0 Å². The van der Waals surface area contributed by atoms with E-state index in [1.807, 2.05) is 0 Å². The number of piperidine rings is 1. The Morgan fingerprint density at radius 3 is 2.74 bits per heavy atom. The lowest BCUT2D eigenvalue weighted by atomic mass is 10.1. The molecular weight excluding hydrogens is 242 g/mol. The van der Waals surface area contributed by atoms with E-state index in [2.05, 4.69) is 15.5 Å². The first kappa shape index (κ1) is 13.1. The first-order valence-electron chi connectivity index (χ1n) is 7.56. The van der Waals surface area contributed by atoms with Crippen LogP contribution in [0.15, 0.2) is 4.52 Å². The summed E-state index contributed by atoms with van der Waals surface area (Å²) < 4.78 is 11.2. The summed E-state index contributed by atoms with van der Waals surface area (Å²) in [5.74, 6) is 2.17. The summed E-state index contributed by atoms with van der Waals surface area (Å²) in [6, 6.07) is 0. The van der Waals surface area contributed by atoms with Crippen molar-refractivity contribution in [1.82, 2.24) is 15.5 Å². The molecular formula is C14H23N3O2. The average Bonchev–Trinajstić information content (AvgIpc) is 3.10. The Morgan fingerprint density at radius 1 is 1.16 bits per heavy atom. The highest BCUT2D eigenvalue weighted by atomic mass is 16.5. The highest BCUT2D eigenvalue weighted by Crippen LogP contribution is 2.32. The van der Waals surface area contributed by atoms with Crippen LogP contribution in [0.2, 0.25) is 0 Å². The fourth-order valence-corrected chi connectivity index (χ4v) is 2.99. The molecule has 1 aliphatic heterocycles. The van der Waals surface area contributed by atoms with Crippen LogP contribution in [0, 0.1) is 0 Å². The minimum atomic E-state index is 0.401. The van der Waals surface area contributed by atoms with Crippen LogP contribution in [-0.4, -0.2) is 35.9 Å². The molecule has 1 saturated heterocycles. The summed E-state index contributed by atoms with van der Waals surface area (Å²) in [5.41, 5.74) is 0. The van der Waals surface area contributed by atoms with Crippen molar-refractivity contribution in [2.45, 2.75) is 57.0 Å². The number of ether oxygens (including phenoxy) is 1. The largest absolute Gasteiger partial charge is 0.378 e. The molecule has 3 rings (SSSR count). The van der Waals surface area contributed by atoms with Crippen molar-refractivity contribution in [3.05, 3.63) is 11.7 Å². The highest BCUT2D eigenvalue weighted by molar-refractivity contribution is 4.97. The molecule has 1 aliphatic carbocycles. The summed E-state index contributed by atoms with van der Waals surface area (Å²) in [4.78, 5) is 4.50. The summed E-state index contributed by atoms with van der Waals surface area (Å²) in [5, 5.41) is 7.45. The normalized spacial score (nSPS) is 22.1. The molecule has 2 aliphatic rings. The molecule has 0 unspecified atom stereocenters. The smallest absolute Gasteiger partial charge is 0.228 e. The fourth-order valence-electron chi connectivity index (χ4n) is 2.99. The van der Waals surface area contributed by atoms with Gasteiger partial charge in [-0.15, -0.1) is 0 Å². The van der Waals surface area contributed by atoms with Gasteiger partial charge in [-0.1, -0.05) is 18.0 Å². The van der Waals surface area contributed by atoms with Crippen LogP contribution in [0.4, 0.5) is 0 Å². The molecule has 2 heterocycles. The number of aromatic nitrogens is 2. The molecule has 1 saturated carbocycles. The van der Waals surface area contributed by atoms with Crippen molar-refractivity contribution >= 4 is 0 Å². The van der Waals surface area contributed by atoms with Gasteiger partial charge in [0.25, 0.3) is 0 Å². The van der Waals surface area contributed by atoms with Crippen molar-refractivity contribution in [2.75, 3.05) is 19.7 Å². The molecule has 0 aromatic carbocycles. The molecule has 0 radical (unpaired) electrons. The summed E-state index contributed by atoms with van der Waals surface area (Å²) in [6.45, 7) is 2.82. The first-order chi connectivity index (χ1) is 9.42. The van der Waals surface area contributed by atoms with Crippen LogP contribution < -0.4 is 5.32 Å². The SMILES string of the molecule is C1CCC(c2noc(CCOC3CCNCC3)n2)C1. The van der Waals surface area contributed by atoms with Crippen LogP contribution in [0.25, 0.3) is 0 Å². The topological polar surface area (TPSA) is 60.2 Å². The van der Waals surface area contributed by atoms with Crippen LogP contribution in [0.5, 0.6) is 0 Å². The second-order valence-corrected chi connectivity index (χ2v) is 5.60. The second kappa shape index (κ2) is 6.48. The molecule has 0 bridgehead atoms. The lowest BCUT2D eigenvalue weighted by Gasteiger charge is -2.22. The van der Waals surface area contributed by atoms with Gasteiger partial charge in [-0.25, -0.2) is 0 Å². The average molecular weight is 265 g/mol. The van der Waals surface area contributed by atoms with Crippen molar-refractivity contribution in [3.8, 4) is 0 Å². The van der Waals surface area contributed by atoms with Crippen molar-refractivity contribution in [3.63, 3.8) is 0 Å². The van der Waals surface area contributed by atoms with Crippen LogP contribution in [0.1, 0.15) is 56.2 Å². The third-order valence-electron chi connectivity index (χ3n) is 4.16. The Kier molecular flexibility index (Phi) is 4.45. The maximum absolute atomic E-state index is 5.85. The fraction of sp³-hybridized carbons (Fsp3) is 0.857. The van der Waals surface area contributed by atoms with E-state index < -0.39 is 0 Å². The van der Waals surface area contributed by atoms with E-state index in [0.29, 0.717) is 18.6 Å². The Balaban J connectivity index is 1.42. The molecule has 106 valence electrons. The van der Waals surface area contributed by atoms with E-state index >= 15 is 0 Å². The molecule has 2 fully saturated rings. The molecule has 5 nitrogen and oxygen atoms in total. The maximum Gasteiger partial charge on any atom is 0.228 e. The summed E-state index contributed by atoms with van der Waals surface area (Å²) in [6.07, 6.45) is 8.38. The second-order valence-electron chi connectivity index (χ2n) is 5.60. The van der Waals surface area contributed by atoms with Gasteiger partial charge in [0.05, 0.1) is 19.1 Å². The lowest BCUT2D eigenvalue weighted by molar-refractivity contribution is 0.0322. The number of nitrogens with zero attached hydrogens (tertiary/aromatic N) is 2. The van der Waals surface area contributed by atoms with Gasteiger partial charge in [-0.05, 0) is 38.8 Å². The molecule has 1 N–H and O–H groups in total. The molecule has 0 amide bonds. The third kappa shape index (κ3) is 3.54. The third-order valence-corrected chi connectivity index (χ3v) is 4.16.